The molecule has 1 aromatic heterocycles. The molecule has 1 rings (SSSR count). The fourth-order valence-electron chi connectivity index (χ4n) is 1.67. The van der Waals surface area contributed by atoms with Gasteiger partial charge in [0.2, 0.25) is 0 Å². The third-order valence-electron chi connectivity index (χ3n) is 2.67. The molecule has 0 aliphatic rings. The van der Waals surface area contributed by atoms with Gasteiger partial charge in [0, 0.05) is 18.7 Å². The van der Waals surface area contributed by atoms with E-state index in [1.54, 1.807) is 0 Å². The van der Waals surface area contributed by atoms with Gasteiger partial charge in [0.1, 0.15) is 0 Å². The molecule has 0 radical (unpaired) electrons. The van der Waals surface area contributed by atoms with E-state index < -0.39 is 0 Å². The summed E-state index contributed by atoms with van der Waals surface area (Å²) in [6.07, 6.45) is 4.15. The fraction of sp³-hybridized carbons (Fsp3) is 0.643. The molecule has 18 heavy (non-hydrogen) atoms. The molecule has 0 atom stereocenters. The van der Waals surface area contributed by atoms with Crippen LogP contribution in [-0.2, 0) is 13.1 Å². The maximum absolute atomic E-state index is 5.32. The first-order valence-electron chi connectivity index (χ1n) is 6.59. The van der Waals surface area contributed by atoms with Gasteiger partial charge in [-0.3, -0.25) is 4.90 Å². The molecular formula is C14H25N3O. The van der Waals surface area contributed by atoms with E-state index >= 15 is 0 Å². The largest absolute Gasteiger partial charge is 0.360 e. The topological polar surface area (TPSA) is 41.3 Å². The highest BCUT2D eigenvalue weighted by molar-refractivity contribution is 5.05. The highest BCUT2D eigenvalue weighted by Gasteiger charge is 2.07. The second-order valence-corrected chi connectivity index (χ2v) is 4.99. The highest BCUT2D eigenvalue weighted by atomic mass is 16.5. The molecule has 0 aliphatic heterocycles. The molecule has 0 aliphatic carbocycles. The van der Waals surface area contributed by atoms with Gasteiger partial charge < -0.3 is 9.84 Å². The summed E-state index contributed by atoms with van der Waals surface area (Å²) in [4.78, 5) is 2.24. The van der Waals surface area contributed by atoms with Gasteiger partial charge >= 0.3 is 0 Å². The van der Waals surface area contributed by atoms with Gasteiger partial charge in [0.05, 0.1) is 12.2 Å². The van der Waals surface area contributed by atoms with E-state index in [-0.39, 0.29) is 0 Å². The third-order valence-corrected chi connectivity index (χ3v) is 2.67. The summed E-state index contributed by atoms with van der Waals surface area (Å²) in [7, 11) is 2.09. The van der Waals surface area contributed by atoms with Crippen LogP contribution in [0.5, 0.6) is 0 Å². The second-order valence-electron chi connectivity index (χ2n) is 4.99. The van der Waals surface area contributed by atoms with Crippen molar-refractivity contribution in [1.82, 2.24) is 15.4 Å². The molecule has 0 saturated heterocycles. The number of hydrogen-bond acceptors (Lipinski definition) is 4. The van der Waals surface area contributed by atoms with Gasteiger partial charge in [-0.2, -0.15) is 0 Å². The monoisotopic (exact) mass is 251 g/mol. The molecule has 0 fully saturated rings. The number of nitrogens with zero attached hydrogens (tertiary/aromatic N) is 2. The van der Waals surface area contributed by atoms with E-state index in [0.29, 0.717) is 6.04 Å². The molecule has 1 aromatic rings. The van der Waals surface area contributed by atoms with Crippen LogP contribution >= 0.6 is 0 Å². The van der Waals surface area contributed by atoms with Crippen molar-refractivity contribution in [2.45, 2.75) is 45.8 Å². The van der Waals surface area contributed by atoms with Crippen LogP contribution in [0.4, 0.5) is 0 Å². The lowest BCUT2D eigenvalue weighted by atomic mass is 10.3. The minimum atomic E-state index is 0.465. The van der Waals surface area contributed by atoms with E-state index in [0.717, 1.165) is 43.9 Å². The zero-order valence-electron chi connectivity index (χ0n) is 11.8. The number of aromatic nitrogens is 1. The van der Waals surface area contributed by atoms with E-state index in [9.17, 15) is 0 Å². The summed E-state index contributed by atoms with van der Waals surface area (Å²) in [5.74, 6) is 0.927. The molecule has 0 saturated carbocycles. The van der Waals surface area contributed by atoms with Crippen molar-refractivity contribution >= 4 is 0 Å². The maximum atomic E-state index is 5.32. The number of nitrogens with one attached hydrogen (secondary N) is 1. The lowest BCUT2D eigenvalue weighted by Crippen LogP contribution is -2.22. The zero-order valence-corrected chi connectivity index (χ0v) is 11.8. The van der Waals surface area contributed by atoms with Crippen molar-refractivity contribution in [3.63, 3.8) is 0 Å². The predicted octanol–water partition coefficient (Wildman–Crippen LogP) is 2.57. The molecule has 1 N–H and O–H groups in total. The fourth-order valence-corrected chi connectivity index (χ4v) is 1.67. The Balaban J connectivity index is 2.31. The van der Waals surface area contributed by atoms with E-state index in [2.05, 4.69) is 42.8 Å². The van der Waals surface area contributed by atoms with Crippen LogP contribution in [0.15, 0.2) is 23.2 Å². The van der Waals surface area contributed by atoms with Crippen molar-refractivity contribution in [3.05, 3.63) is 30.2 Å². The Bertz CT molecular complexity index is 347. The molecule has 1 heterocycles. The van der Waals surface area contributed by atoms with Crippen LogP contribution in [0, 0.1) is 0 Å². The summed E-state index contributed by atoms with van der Waals surface area (Å²) >= 11 is 0. The normalized spacial score (nSPS) is 11.4. The Labute approximate surface area is 110 Å². The third kappa shape index (κ3) is 5.98. The van der Waals surface area contributed by atoms with E-state index in [1.165, 1.54) is 0 Å². The number of hydrogen-bond donors (Lipinski definition) is 1. The first-order valence-corrected chi connectivity index (χ1v) is 6.59. The quantitative estimate of drug-likeness (QED) is 0.541. The smallest absolute Gasteiger partial charge is 0.151 e. The number of unbranched alkanes of at least 4 members (excludes halogenated alkanes) is 1. The number of rotatable bonds is 9. The molecule has 0 unspecified atom stereocenters. The molecule has 102 valence electrons. The Hall–Kier alpha value is -1.13. The summed E-state index contributed by atoms with van der Waals surface area (Å²) in [6, 6.07) is 2.49. The highest BCUT2D eigenvalue weighted by Crippen LogP contribution is 2.07. The van der Waals surface area contributed by atoms with Crippen LogP contribution in [0.25, 0.3) is 0 Å². The molecule has 4 nitrogen and oxygen atoms in total. The van der Waals surface area contributed by atoms with Crippen molar-refractivity contribution in [1.29, 1.82) is 0 Å². The lowest BCUT2D eigenvalue weighted by Gasteiger charge is -2.13. The van der Waals surface area contributed by atoms with Crippen LogP contribution in [0.1, 0.15) is 38.1 Å². The molecule has 0 aromatic carbocycles. The molecule has 4 heteroatoms. The summed E-state index contributed by atoms with van der Waals surface area (Å²) in [5.41, 5.74) is 0.971. The van der Waals surface area contributed by atoms with Crippen LogP contribution < -0.4 is 5.32 Å². The Morgan fingerprint density at radius 2 is 2.33 bits per heavy atom. The SMILES string of the molecule is C=CCCCN(C)Cc1cc(CNC(C)C)no1. The summed E-state index contributed by atoms with van der Waals surface area (Å²) in [6.45, 7) is 10.6. The van der Waals surface area contributed by atoms with Gasteiger partial charge in [0.25, 0.3) is 0 Å². The standard InChI is InChI=1S/C14H25N3O/c1-5-6-7-8-17(4)11-14-9-13(16-18-14)10-15-12(2)3/h5,9,12,15H,1,6-8,10-11H2,2-4H3. The van der Waals surface area contributed by atoms with Crippen LogP contribution in [0.3, 0.4) is 0 Å². The van der Waals surface area contributed by atoms with Crippen molar-refractivity contribution in [3.8, 4) is 0 Å². The Morgan fingerprint density at radius 1 is 1.56 bits per heavy atom. The minimum absolute atomic E-state index is 0.465. The van der Waals surface area contributed by atoms with Gasteiger partial charge in [-0.1, -0.05) is 25.1 Å². The van der Waals surface area contributed by atoms with Crippen LogP contribution in [-0.4, -0.2) is 29.7 Å². The van der Waals surface area contributed by atoms with E-state index in [1.807, 2.05) is 12.1 Å². The first-order chi connectivity index (χ1) is 8.61. The van der Waals surface area contributed by atoms with E-state index in [4.69, 9.17) is 4.52 Å². The molecule has 0 spiro atoms. The molecular weight excluding hydrogens is 226 g/mol. The van der Waals surface area contributed by atoms with Gasteiger partial charge in [-0.25, -0.2) is 0 Å². The lowest BCUT2D eigenvalue weighted by molar-refractivity contribution is 0.269. The Kier molecular flexibility index (Phi) is 6.68. The zero-order chi connectivity index (χ0) is 13.4. The van der Waals surface area contributed by atoms with Crippen molar-refractivity contribution in [2.75, 3.05) is 13.6 Å². The first kappa shape index (κ1) is 14.9. The molecule has 0 amide bonds. The average molecular weight is 251 g/mol. The van der Waals surface area contributed by atoms with Crippen molar-refractivity contribution in [2.24, 2.45) is 0 Å². The van der Waals surface area contributed by atoms with Crippen molar-refractivity contribution < 1.29 is 4.52 Å². The van der Waals surface area contributed by atoms with Gasteiger partial charge in [-0.05, 0) is 26.4 Å². The Morgan fingerprint density at radius 3 is 3.00 bits per heavy atom. The summed E-state index contributed by atoms with van der Waals surface area (Å²) < 4.78 is 5.32. The predicted molar refractivity (Wildman–Crippen MR) is 74.2 cm³/mol. The number of allylic oxidation sites excluding steroid dienone is 1. The minimum Gasteiger partial charge on any atom is -0.360 e. The van der Waals surface area contributed by atoms with Crippen LogP contribution in [0.2, 0.25) is 0 Å². The van der Waals surface area contributed by atoms with Gasteiger partial charge in [-0.15, -0.1) is 6.58 Å². The average Bonchev–Trinajstić information content (AvgIpc) is 2.74. The second kappa shape index (κ2) is 8.06. The maximum Gasteiger partial charge on any atom is 0.151 e. The van der Waals surface area contributed by atoms with Gasteiger partial charge in [0.15, 0.2) is 5.76 Å². The molecule has 0 bridgehead atoms. The summed E-state index contributed by atoms with van der Waals surface area (Å²) in [5, 5.41) is 7.38.